The van der Waals surface area contributed by atoms with Crippen molar-refractivity contribution in [1.29, 1.82) is 0 Å². The molecule has 0 amide bonds. The number of alkyl halides is 1. The van der Waals surface area contributed by atoms with Crippen LogP contribution in [-0.4, -0.2) is 90.1 Å². The highest BCUT2D eigenvalue weighted by Crippen LogP contribution is 2.44. The monoisotopic (exact) mass is 770 g/mol. The largest absolute Gasteiger partial charge is 0.508 e. The molecular formula is C43H53F3N6O2Si. The van der Waals surface area contributed by atoms with E-state index in [1.54, 1.807) is 18.3 Å². The van der Waals surface area contributed by atoms with Gasteiger partial charge >= 0.3 is 6.01 Å². The van der Waals surface area contributed by atoms with E-state index in [1.165, 1.54) is 12.1 Å². The quantitative estimate of drug-likeness (QED) is 0.136. The van der Waals surface area contributed by atoms with Gasteiger partial charge in [-0.3, -0.25) is 9.88 Å². The standard InChI is InChI=1S/C43H53F3N6O2Si/c1-25(2)55(26(3)4,27(5)6)16-12-32-35(45)11-10-28-17-31(53)18-33(37(28)32)39-38(46)40-34(21-48-39)41(52-15-7-9-29-20-47-22-36(29)52)50-42(49-40)54-24-43-13-8-14-51(43)23-30(44)19-43/h10-11,17-18,21,25-27,29-30,36,47,53H,7-9,13-15,19-20,22-24H2,1-6H3/t29?,30-,36?,43+/m1/s1. The lowest BCUT2D eigenvalue weighted by Gasteiger charge is -2.38. The van der Waals surface area contributed by atoms with Crippen molar-refractivity contribution in [2.75, 3.05) is 44.2 Å². The fourth-order valence-corrected chi connectivity index (χ4v) is 16.0. The van der Waals surface area contributed by atoms with Crippen molar-refractivity contribution >= 4 is 35.6 Å². The highest BCUT2D eigenvalue weighted by atomic mass is 28.3. The van der Waals surface area contributed by atoms with Gasteiger partial charge in [0.25, 0.3) is 0 Å². The summed E-state index contributed by atoms with van der Waals surface area (Å²) in [5.41, 5.74) is 4.52. The van der Waals surface area contributed by atoms with Gasteiger partial charge in [0, 0.05) is 55.8 Å². The lowest BCUT2D eigenvalue weighted by atomic mass is 9.92. The summed E-state index contributed by atoms with van der Waals surface area (Å²) in [7, 11) is -2.28. The Bertz CT molecular complexity index is 2170. The van der Waals surface area contributed by atoms with Crippen molar-refractivity contribution in [3.63, 3.8) is 0 Å². The molecule has 2 N–H and O–H groups in total. The maximum absolute atomic E-state index is 17.4. The first kappa shape index (κ1) is 38.0. The van der Waals surface area contributed by atoms with E-state index in [0.717, 1.165) is 51.9 Å². The molecule has 4 aromatic rings. The van der Waals surface area contributed by atoms with Gasteiger partial charge in [0.1, 0.15) is 49.4 Å². The van der Waals surface area contributed by atoms with Crippen LogP contribution >= 0.6 is 0 Å². The Hall–Kier alpha value is -3.92. The molecule has 6 heterocycles. The van der Waals surface area contributed by atoms with E-state index in [4.69, 9.17) is 19.7 Å². The van der Waals surface area contributed by atoms with Gasteiger partial charge in [0.05, 0.1) is 16.5 Å². The maximum atomic E-state index is 17.4. The van der Waals surface area contributed by atoms with E-state index in [9.17, 15) is 9.50 Å². The van der Waals surface area contributed by atoms with E-state index in [-0.39, 0.29) is 46.7 Å². The molecule has 4 atom stereocenters. The Labute approximate surface area is 323 Å². The third-order valence-corrected chi connectivity index (χ3v) is 19.7. The summed E-state index contributed by atoms with van der Waals surface area (Å²) in [5, 5.41) is 15.8. The first-order chi connectivity index (χ1) is 26.3. The van der Waals surface area contributed by atoms with Crippen LogP contribution in [0.4, 0.5) is 19.0 Å². The van der Waals surface area contributed by atoms with Gasteiger partial charge in [-0.2, -0.15) is 9.97 Å². The minimum atomic E-state index is -2.28. The molecule has 0 saturated carbocycles. The van der Waals surface area contributed by atoms with E-state index in [0.29, 0.717) is 57.5 Å². The Morgan fingerprint density at radius 2 is 1.82 bits per heavy atom. The normalized spacial score (nSPS) is 24.3. The number of rotatable bonds is 8. The minimum Gasteiger partial charge on any atom is -0.508 e. The van der Waals surface area contributed by atoms with Crippen molar-refractivity contribution in [3.05, 3.63) is 47.7 Å². The second kappa shape index (κ2) is 14.5. The SMILES string of the molecule is CC(C)[Si](C#Cc1c(F)ccc2cc(O)cc(-c3ncc4c(N5CCCC6CNCC65)nc(OC[C@@]56CCCN5C[C@H](F)C6)nc4c3F)c12)(C(C)C)C(C)C. The highest BCUT2D eigenvalue weighted by Gasteiger charge is 2.49. The van der Waals surface area contributed by atoms with Crippen molar-refractivity contribution in [1.82, 2.24) is 25.2 Å². The van der Waals surface area contributed by atoms with Gasteiger partial charge in [-0.05, 0) is 78.4 Å². The van der Waals surface area contributed by atoms with Gasteiger partial charge in [-0.1, -0.05) is 53.5 Å². The molecule has 2 unspecified atom stereocenters. The zero-order chi connectivity index (χ0) is 38.8. The molecule has 2 aromatic heterocycles. The van der Waals surface area contributed by atoms with Crippen molar-refractivity contribution in [2.45, 2.75) is 108 Å². The average Bonchev–Trinajstić information content (AvgIpc) is 3.85. The number of hydrogen-bond donors (Lipinski definition) is 2. The van der Waals surface area contributed by atoms with Crippen molar-refractivity contribution < 1.29 is 23.0 Å². The number of nitrogens with zero attached hydrogens (tertiary/aromatic N) is 5. The van der Waals surface area contributed by atoms with Crippen molar-refractivity contribution in [2.24, 2.45) is 5.92 Å². The Morgan fingerprint density at radius 3 is 2.58 bits per heavy atom. The molecule has 0 spiro atoms. The number of phenolic OH excluding ortho intramolecular Hbond substituents is 1. The predicted octanol–water partition coefficient (Wildman–Crippen LogP) is 8.54. The zero-order valence-electron chi connectivity index (χ0n) is 32.9. The summed E-state index contributed by atoms with van der Waals surface area (Å²) in [6.45, 7) is 17.1. The van der Waals surface area contributed by atoms with Crippen LogP contribution in [0.25, 0.3) is 32.9 Å². The fraction of sp³-hybridized carbons (Fsp3) is 0.558. The summed E-state index contributed by atoms with van der Waals surface area (Å²) in [4.78, 5) is 18.8. The Kier molecular flexibility index (Phi) is 10.0. The molecule has 4 fully saturated rings. The molecule has 8 rings (SSSR count). The van der Waals surface area contributed by atoms with E-state index in [2.05, 4.69) is 68.1 Å². The average molecular weight is 771 g/mol. The second-order valence-electron chi connectivity index (χ2n) is 17.4. The van der Waals surface area contributed by atoms with Crippen molar-refractivity contribution in [3.8, 4) is 34.5 Å². The number of halogens is 3. The fourth-order valence-electron chi connectivity index (χ4n) is 10.8. The maximum Gasteiger partial charge on any atom is 0.319 e. The lowest BCUT2D eigenvalue weighted by Crippen LogP contribution is -2.46. The number of benzene rings is 2. The van der Waals surface area contributed by atoms with Crippen LogP contribution < -0.4 is 15.0 Å². The number of piperidine rings is 1. The first-order valence-corrected chi connectivity index (χ1v) is 22.4. The number of fused-ring (bicyclic) bond motifs is 4. The number of phenols is 1. The topological polar surface area (TPSA) is 86.6 Å². The van der Waals surface area contributed by atoms with Gasteiger partial charge in [-0.25, -0.2) is 13.2 Å². The van der Waals surface area contributed by atoms with E-state index >= 15 is 8.78 Å². The smallest absolute Gasteiger partial charge is 0.319 e. The molecule has 4 aliphatic heterocycles. The Morgan fingerprint density at radius 1 is 1.04 bits per heavy atom. The Balaban J connectivity index is 1.30. The number of pyridine rings is 1. The predicted molar refractivity (Wildman–Crippen MR) is 215 cm³/mol. The third-order valence-electron chi connectivity index (χ3n) is 13.4. The molecule has 55 heavy (non-hydrogen) atoms. The molecular weight excluding hydrogens is 718 g/mol. The number of aromatic nitrogens is 3. The molecule has 0 radical (unpaired) electrons. The molecule has 8 nitrogen and oxygen atoms in total. The minimum absolute atomic E-state index is 0.0278. The van der Waals surface area contributed by atoms with Crippen LogP contribution in [-0.2, 0) is 0 Å². The van der Waals surface area contributed by atoms with Crippen LogP contribution in [0.5, 0.6) is 11.8 Å². The molecule has 4 saturated heterocycles. The lowest BCUT2D eigenvalue weighted by molar-refractivity contribution is 0.107. The number of ether oxygens (including phenoxy) is 1. The second-order valence-corrected chi connectivity index (χ2v) is 22.9. The van der Waals surface area contributed by atoms with Crippen LogP contribution in [0.15, 0.2) is 30.5 Å². The van der Waals surface area contributed by atoms with Gasteiger partial charge in [0.15, 0.2) is 5.82 Å². The molecule has 2 aromatic carbocycles. The zero-order valence-corrected chi connectivity index (χ0v) is 33.9. The van der Waals surface area contributed by atoms with E-state index in [1.807, 2.05) is 0 Å². The summed E-state index contributed by atoms with van der Waals surface area (Å²) in [6, 6.07) is 6.13. The molecule has 0 bridgehead atoms. The van der Waals surface area contributed by atoms with Crippen LogP contribution in [0, 0.1) is 29.0 Å². The summed E-state index contributed by atoms with van der Waals surface area (Å²) < 4.78 is 54.5. The summed E-state index contributed by atoms with van der Waals surface area (Å²) in [6.07, 6.45) is 4.91. The molecule has 292 valence electrons. The number of anilines is 1. The number of nitrogens with one attached hydrogen (secondary N) is 1. The van der Waals surface area contributed by atoms with Gasteiger partial charge in [0.2, 0.25) is 0 Å². The van der Waals surface area contributed by atoms with Gasteiger partial charge < -0.3 is 20.1 Å². The summed E-state index contributed by atoms with van der Waals surface area (Å²) >= 11 is 0. The van der Waals surface area contributed by atoms with E-state index < -0.39 is 31.4 Å². The first-order valence-electron chi connectivity index (χ1n) is 20.2. The molecule has 0 aliphatic carbocycles. The summed E-state index contributed by atoms with van der Waals surface area (Å²) in [5.74, 6) is 2.94. The molecule has 12 heteroatoms. The highest BCUT2D eigenvalue weighted by molar-refractivity contribution is 6.90. The number of aromatic hydroxyl groups is 1. The van der Waals surface area contributed by atoms with Crippen LogP contribution in [0.3, 0.4) is 0 Å². The van der Waals surface area contributed by atoms with Crippen LogP contribution in [0.1, 0.15) is 79.2 Å². The van der Waals surface area contributed by atoms with Crippen LogP contribution in [0.2, 0.25) is 16.6 Å². The molecule has 4 aliphatic rings. The number of hydrogen-bond acceptors (Lipinski definition) is 8. The third kappa shape index (κ3) is 6.44. The van der Waals surface area contributed by atoms with Gasteiger partial charge in [-0.15, -0.1) is 5.54 Å².